The smallest absolute Gasteiger partial charge is 0.0963 e. The molecule has 0 unspecified atom stereocenters. The molecule has 0 bridgehead atoms. The van der Waals surface area contributed by atoms with E-state index in [0.717, 1.165) is 49.9 Å². The molecule has 5 aromatic carbocycles. The second-order valence-electron chi connectivity index (χ2n) is 11.1. The van der Waals surface area contributed by atoms with Crippen LogP contribution in [-0.2, 0) is 0 Å². The minimum Gasteiger partial charge on any atom is -0.308 e. The van der Waals surface area contributed by atoms with E-state index in [2.05, 4.69) is 148 Å². The van der Waals surface area contributed by atoms with Gasteiger partial charge in [0, 0.05) is 34.5 Å². The summed E-state index contributed by atoms with van der Waals surface area (Å²) in [4.78, 5) is 9.47. The Labute approximate surface area is 254 Å². The van der Waals surface area contributed by atoms with Crippen LogP contribution in [0.2, 0.25) is 0 Å². The van der Waals surface area contributed by atoms with Crippen molar-refractivity contribution in [1.29, 1.82) is 0 Å². The van der Waals surface area contributed by atoms with E-state index in [0.29, 0.717) is 0 Å². The van der Waals surface area contributed by atoms with E-state index < -0.39 is 0 Å². The molecule has 9 aromatic rings. The summed E-state index contributed by atoms with van der Waals surface area (Å²) in [6.45, 7) is 0. The Balaban J connectivity index is 1.10. The first-order chi connectivity index (χ1) is 21.8. The average molecular weight is 563 g/mol. The van der Waals surface area contributed by atoms with Gasteiger partial charge in [-0.05, 0) is 89.0 Å². The lowest BCUT2D eigenvalue weighted by Gasteiger charge is -2.11. The summed E-state index contributed by atoms with van der Waals surface area (Å²) in [6.07, 6.45) is 3.74. The minimum atomic E-state index is 1.01. The first kappa shape index (κ1) is 24.6. The summed E-state index contributed by atoms with van der Waals surface area (Å²) in [7, 11) is 0. The average Bonchev–Trinajstić information content (AvgIpc) is 3.62. The van der Waals surface area contributed by atoms with Crippen LogP contribution in [0.3, 0.4) is 0 Å². The number of fused-ring (bicyclic) bond motifs is 6. The molecule has 9 rings (SSSR count). The Hall–Kier alpha value is -6.00. The Morgan fingerprint density at radius 3 is 1.45 bits per heavy atom. The van der Waals surface area contributed by atoms with Crippen molar-refractivity contribution < 1.29 is 0 Å². The van der Waals surface area contributed by atoms with Crippen LogP contribution in [0.15, 0.2) is 158 Å². The molecule has 206 valence electrons. The molecule has 4 heteroatoms. The third-order valence-corrected chi connectivity index (χ3v) is 8.64. The van der Waals surface area contributed by atoms with Crippen LogP contribution in [0.1, 0.15) is 0 Å². The van der Waals surface area contributed by atoms with Gasteiger partial charge in [0.15, 0.2) is 0 Å². The van der Waals surface area contributed by atoms with Gasteiger partial charge in [0.25, 0.3) is 0 Å². The van der Waals surface area contributed by atoms with Crippen molar-refractivity contribution in [2.45, 2.75) is 0 Å². The monoisotopic (exact) mass is 562 g/mol. The molecular formula is C40H26N4. The maximum Gasteiger partial charge on any atom is 0.0963 e. The number of rotatable bonds is 4. The highest BCUT2D eigenvalue weighted by atomic mass is 15.0. The molecule has 0 aliphatic carbocycles. The SMILES string of the molecule is c1ccc(-c2ccc3c(c2)c2ncccc2n3-c2ccc(-c3ccc(-n4c5ccccc5c5ncccc54)cc3)cc2)cc1. The number of nitrogens with zero attached hydrogens (tertiary/aromatic N) is 4. The molecule has 44 heavy (non-hydrogen) atoms. The van der Waals surface area contributed by atoms with Gasteiger partial charge in [-0.15, -0.1) is 0 Å². The van der Waals surface area contributed by atoms with Crippen LogP contribution in [-0.4, -0.2) is 19.1 Å². The van der Waals surface area contributed by atoms with Crippen molar-refractivity contribution in [3.05, 3.63) is 158 Å². The maximum absolute atomic E-state index is 4.80. The van der Waals surface area contributed by atoms with E-state index in [9.17, 15) is 0 Å². The highest BCUT2D eigenvalue weighted by molar-refractivity contribution is 6.09. The van der Waals surface area contributed by atoms with Crippen molar-refractivity contribution in [3.63, 3.8) is 0 Å². The molecule has 4 aromatic heterocycles. The standard InChI is InChI=1S/C40H26N4/c1-2-8-27(9-3-1)30-18-23-36-34(26-30)40-38(13-7-25-42-40)44(36)32-21-16-29(17-22-32)28-14-19-31(20-15-28)43-35-11-5-4-10-33(35)39-37(43)12-6-24-41-39/h1-26H. The summed E-state index contributed by atoms with van der Waals surface area (Å²) in [5.41, 5.74) is 13.6. The molecule has 0 amide bonds. The van der Waals surface area contributed by atoms with Crippen molar-refractivity contribution in [2.24, 2.45) is 0 Å². The zero-order valence-electron chi connectivity index (χ0n) is 23.8. The van der Waals surface area contributed by atoms with E-state index >= 15 is 0 Å². The first-order valence-corrected chi connectivity index (χ1v) is 14.8. The van der Waals surface area contributed by atoms with Gasteiger partial charge in [0.1, 0.15) is 0 Å². The number of aromatic nitrogens is 4. The molecule has 4 nitrogen and oxygen atoms in total. The molecular weight excluding hydrogens is 536 g/mol. The first-order valence-electron chi connectivity index (χ1n) is 14.8. The lowest BCUT2D eigenvalue weighted by molar-refractivity contribution is 1.17. The van der Waals surface area contributed by atoms with Crippen molar-refractivity contribution in [1.82, 2.24) is 19.1 Å². The third-order valence-electron chi connectivity index (χ3n) is 8.64. The molecule has 0 radical (unpaired) electrons. The highest BCUT2D eigenvalue weighted by Gasteiger charge is 2.15. The van der Waals surface area contributed by atoms with Gasteiger partial charge < -0.3 is 9.13 Å². The molecule has 0 saturated heterocycles. The molecule has 0 aliphatic heterocycles. The van der Waals surface area contributed by atoms with Crippen LogP contribution < -0.4 is 0 Å². The maximum atomic E-state index is 4.80. The second kappa shape index (κ2) is 9.79. The fourth-order valence-corrected chi connectivity index (χ4v) is 6.59. The summed E-state index contributed by atoms with van der Waals surface area (Å²) >= 11 is 0. The van der Waals surface area contributed by atoms with Gasteiger partial charge >= 0.3 is 0 Å². The van der Waals surface area contributed by atoms with E-state index in [1.807, 2.05) is 24.5 Å². The lowest BCUT2D eigenvalue weighted by atomic mass is 10.0. The number of para-hydroxylation sites is 1. The Morgan fingerprint density at radius 2 is 0.818 bits per heavy atom. The van der Waals surface area contributed by atoms with Crippen molar-refractivity contribution in [3.8, 4) is 33.6 Å². The van der Waals surface area contributed by atoms with Crippen LogP contribution in [0, 0.1) is 0 Å². The van der Waals surface area contributed by atoms with Gasteiger partial charge in [-0.3, -0.25) is 9.97 Å². The molecule has 0 fully saturated rings. The zero-order chi connectivity index (χ0) is 29.0. The van der Waals surface area contributed by atoms with Crippen LogP contribution >= 0.6 is 0 Å². The quantitative estimate of drug-likeness (QED) is 0.214. The van der Waals surface area contributed by atoms with Gasteiger partial charge in [0.2, 0.25) is 0 Å². The molecule has 0 atom stereocenters. The summed E-state index contributed by atoms with van der Waals surface area (Å²) in [6, 6.07) is 51.6. The van der Waals surface area contributed by atoms with Gasteiger partial charge in [-0.2, -0.15) is 0 Å². The Morgan fingerprint density at radius 1 is 0.341 bits per heavy atom. The normalized spacial score (nSPS) is 11.6. The van der Waals surface area contributed by atoms with Crippen LogP contribution in [0.4, 0.5) is 0 Å². The van der Waals surface area contributed by atoms with Gasteiger partial charge in [-0.25, -0.2) is 0 Å². The Kier molecular flexibility index (Phi) is 5.47. The summed E-state index contributed by atoms with van der Waals surface area (Å²) in [5.74, 6) is 0. The third kappa shape index (κ3) is 3.78. The van der Waals surface area contributed by atoms with E-state index in [1.54, 1.807) is 0 Å². The second-order valence-corrected chi connectivity index (χ2v) is 11.1. The minimum absolute atomic E-state index is 1.01. The van der Waals surface area contributed by atoms with E-state index in [-0.39, 0.29) is 0 Å². The topological polar surface area (TPSA) is 35.6 Å². The zero-order valence-corrected chi connectivity index (χ0v) is 23.8. The Bertz CT molecular complexity index is 2410. The predicted molar refractivity (Wildman–Crippen MR) is 182 cm³/mol. The molecule has 4 heterocycles. The lowest BCUT2D eigenvalue weighted by Crippen LogP contribution is -1.95. The molecule has 0 aliphatic rings. The number of hydrogen-bond acceptors (Lipinski definition) is 2. The van der Waals surface area contributed by atoms with E-state index in [1.165, 1.54) is 27.6 Å². The van der Waals surface area contributed by atoms with Crippen LogP contribution in [0.5, 0.6) is 0 Å². The predicted octanol–water partition coefficient (Wildman–Crippen LogP) is 10.0. The number of hydrogen-bond donors (Lipinski definition) is 0. The number of benzene rings is 5. The van der Waals surface area contributed by atoms with Crippen molar-refractivity contribution >= 4 is 43.9 Å². The van der Waals surface area contributed by atoms with Gasteiger partial charge in [-0.1, -0.05) is 78.9 Å². The van der Waals surface area contributed by atoms with Crippen LogP contribution in [0.25, 0.3) is 77.5 Å². The fraction of sp³-hybridized carbons (Fsp3) is 0. The summed E-state index contributed by atoms with van der Waals surface area (Å²) in [5, 5.41) is 2.32. The highest BCUT2D eigenvalue weighted by Crippen LogP contribution is 2.35. The van der Waals surface area contributed by atoms with E-state index in [4.69, 9.17) is 4.98 Å². The fourth-order valence-electron chi connectivity index (χ4n) is 6.59. The molecule has 0 spiro atoms. The largest absolute Gasteiger partial charge is 0.308 e. The van der Waals surface area contributed by atoms with Gasteiger partial charge in [0.05, 0.1) is 33.1 Å². The molecule has 0 N–H and O–H groups in total. The number of pyridine rings is 2. The summed E-state index contributed by atoms with van der Waals surface area (Å²) < 4.78 is 4.61. The van der Waals surface area contributed by atoms with Crippen molar-refractivity contribution in [2.75, 3.05) is 0 Å². The molecule has 0 saturated carbocycles.